The van der Waals surface area contributed by atoms with Gasteiger partial charge in [0.05, 0.1) is 17.7 Å². The molecule has 1 saturated carbocycles. The number of carbonyl (C=O) groups is 1. The van der Waals surface area contributed by atoms with Gasteiger partial charge in [-0.3, -0.25) is 19.2 Å². The second kappa shape index (κ2) is 7.52. The highest BCUT2D eigenvalue weighted by Crippen LogP contribution is 2.53. The summed E-state index contributed by atoms with van der Waals surface area (Å²) in [5.74, 6) is -0.447. The van der Waals surface area contributed by atoms with Crippen LogP contribution in [-0.4, -0.2) is 38.1 Å². The maximum atomic E-state index is 12.4. The van der Waals surface area contributed by atoms with E-state index in [0.29, 0.717) is 34.8 Å². The summed E-state index contributed by atoms with van der Waals surface area (Å²) in [4.78, 5) is 18.8. The summed E-state index contributed by atoms with van der Waals surface area (Å²) in [6.45, 7) is 8.72. The summed E-state index contributed by atoms with van der Waals surface area (Å²) in [6.07, 6.45) is 6.64. The molecule has 1 aliphatic heterocycles. The second-order valence-corrected chi connectivity index (χ2v) is 10.5. The van der Waals surface area contributed by atoms with Crippen molar-refractivity contribution in [3.05, 3.63) is 54.4 Å². The van der Waals surface area contributed by atoms with Crippen molar-refractivity contribution < 1.29 is 9.90 Å². The fourth-order valence-electron chi connectivity index (χ4n) is 6.08. The van der Waals surface area contributed by atoms with Crippen molar-refractivity contribution in [1.29, 1.82) is 0 Å². The van der Waals surface area contributed by atoms with Gasteiger partial charge < -0.3 is 5.11 Å². The lowest BCUT2D eigenvalue weighted by Gasteiger charge is -2.40. The number of hydrogen-bond donors (Lipinski definition) is 1. The predicted molar refractivity (Wildman–Crippen MR) is 123 cm³/mol. The molecule has 1 amide bonds. The van der Waals surface area contributed by atoms with Gasteiger partial charge in [0.1, 0.15) is 0 Å². The molecule has 3 heterocycles. The molecule has 7 nitrogen and oxygen atoms in total. The normalized spacial score (nSPS) is 25.0. The second-order valence-electron chi connectivity index (χ2n) is 10.5. The number of aromatic hydroxyl groups is 1. The third-order valence-corrected chi connectivity index (χ3v) is 6.91. The van der Waals surface area contributed by atoms with E-state index >= 15 is 0 Å². The zero-order valence-electron chi connectivity index (χ0n) is 18.8. The number of likely N-dealkylation sites (tertiary alicyclic amines) is 1. The number of azo groups is 1. The lowest BCUT2D eigenvalue weighted by atomic mass is 9.65. The molecule has 1 aromatic carbocycles. The summed E-state index contributed by atoms with van der Waals surface area (Å²) in [7, 11) is 0. The smallest absolute Gasteiger partial charge is 0.296 e. The molecule has 2 atom stereocenters. The topological polar surface area (TPSA) is 83.1 Å². The van der Waals surface area contributed by atoms with Gasteiger partial charge in [0.2, 0.25) is 5.88 Å². The van der Waals surface area contributed by atoms with Crippen molar-refractivity contribution in [3.8, 4) is 5.88 Å². The van der Waals surface area contributed by atoms with Crippen molar-refractivity contribution >= 4 is 22.5 Å². The van der Waals surface area contributed by atoms with Crippen LogP contribution in [0.2, 0.25) is 0 Å². The lowest BCUT2D eigenvalue weighted by molar-refractivity contribution is 0.0994. The number of aromatic nitrogens is 2. The largest absolute Gasteiger partial charge is 0.493 e. The Hall–Kier alpha value is -3.06. The van der Waals surface area contributed by atoms with Gasteiger partial charge in [-0.15, -0.1) is 10.2 Å². The Bertz CT molecular complexity index is 1200. The summed E-state index contributed by atoms with van der Waals surface area (Å²) < 4.78 is 1.90. The molecule has 0 radical (unpaired) electrons. The van der Waals surface area contributed by atoms with Gasteiger partial charge in [0.15, 0.2) is 5.69 Å². The van der Waals surface area contributed by atoms with Crippen LogP contribution in [0.3, 0.4) is 0 Å². The van der Waals surface area contributed by atoms with Crippen molar-refractivity contribution in [1.82, 2.24) is 14.5 Å². The minimum atomic E-state index is -0.488. The average Bonchev–Trinajstić information content (AvgIpc) is 3.15. The van der Waals surface area contributed by atoms with Crippen LogP contribution in [0, 0.1) is 10.8 Å². The van der Waals surface area contributed by atoms with Crippen LogP contribution < -0.4 is 0 Å². The van der Waals surface area contributed by atoms with E-state index in [4.69, 9.17) is 0 Å². The molecular formula is C25H29N5O2. The Morgan fingerprint density at radius 3 is 2.78 bits per heavy atom. The highest BCUT2D eigenvalue weighted by atomic mass is 16.3. The van der Waals surface area contributed by atoms with E-state index in [-0.39, 0.29) is 5.88 Å². The Morgan fingerprint density at radius 2 is 2.00 bits per heavy atom. The summed E-state index contributed by atoms with van der Waals surface area (Å²) in [5, 5.41) is 19.9. The van der Waals surface area contributed by atoms with Crippen LogP contribution in [-0.2, 0) is 6.67 Å². The van der Waals surface area contributed by atoms with Gasteiger partial charge in [0, 0.05) is 30.4 Å². The van der Waals surface area contributed by atoms with Gasteiger partial charge in [0.25, 0.3) is 5.91 Å². The van der Waals surface area contributed by atoms with E-state index in [1.165, 1.54) is 19.0 Å². The number of rotatable bonds is 4. The van der Waals surface area contributed by atoms with E-state index in [0.717, 1.165) is 23.9 Å². The quantitative estimate of drug-likeness (QED) is 0.551. The minimum Gasteiger partial charge on any atom is -0.493 e. The molecule has 2 aliphatic rings. The van der Waals surface area contributed by atoms with E-state index in [1.54, 1.807) is 18.3 Å². The first kappa shape index (κ1) is 20.8. The Kier molecular flexibility index (Phi) is 4.89. The average molecular weight is 432 g/mol. The van der Waals surface area contributed by atoms with Crippen LogP contribution in [0.25, 0.3) is 10.9 Å². The molecule has 2 aromatic heterocycles. The van der Waals surface area contributed by atoms with E-state index in [9.17, 15) is 9.90 Å². The first-order valence-electron chi connectivity index (χ1n) is 11.2. The number of pyridine rings is 1. The van der Waals surface area contributed by atoms with Crippen molar-refractivity contribution in [2.75, 3.05) is 6.54 Å². The van der Waals surface area contributed by atoms with E-state index in [1.807, 2.05) is 28.8 Å². The Labute approximate surface area is 187 Å². The molecule has 1 N–H and O–H groups in total. The van der Waals surface area contributed by atoms with Crippen molar-refractivity contribution in [2.45, 2.75) is 52.7 Å². The summed E-state index contributed by atoms with van der Waals surface area (Å²) >= 11 is 0. The molecule has 32 heavy (non-hydrogen) atoms. The maximum absolute atomic E-state index is 12.4. The third kappa shape index (κ3) is 3.71. The molecule has 0 spiro atoms. The number of fused-ring (bicyclic) bond motifs is 3. The highest BCUT2D eigenvalue weighted by Gasteiger charge is 2.49. The SMILES string of the molecule is CC1(C)C[C@H]2C[C@](C)(CN2Cn2c(O)c(N=NC(=O)c3cccnc3)c3ccccc32)C1. The molecule has 1 saturated heterocycles. The van der Waals surface area contributed by atoms with Gasteiger partial charge >= 0.3 is 0 Å². The molecule has 2 bridgehead atoms. The van der Waals surface area contributed by atoms with Crippen LogP contribution in [0.4, 0.5) is 5.69 Å². The Balaban J connectivity index is 1.47. The highest BCUT2D eigenvalue weighted by molar-refractivity contribution is 5.97. The zero-order chi connectivity index (χ0) is 22.5. The third-order valence-electron chi connectivity index (χ3n) is 6.91. The van der Waals surface area contributed by atoms with Crippen LogP contribution in [0.5, 0.6) is 5.88 Å². The number of nitrogens with zero attached hydrogens (tertiary/aromatic N) is 5. The minimum absolute atomic E-state index is 0.0415. The molecule has 3 aromatic rings. The maximum Gasteiger partial charge on any atom is 0.296 e. The molecule has 7 heteroatoms. The standard InChI is InChI=1S/C25H29N5O2/c1-24(2)11-18-12-25(3,14-24)15-29(18)16-30-20-9-5-4-8-19(20)21(23(30)32)27-28-22(31)17-7-6-10-26-13-17/h4-10,13,18,32H,11-12,14-16H2,1-3H3/t18-,25-/m0/s1. The van der Waals surface area contributed by atoms with Crippen molar-refractivity contribution in [3.63, 3.8) is 0 Å². The zero-order valence-corrected chi connectivity index (χ0v) is 18.8. The first-order valence-corrected chi connectivity index (χ1v) is 11.2. The molecule has 5 rings (SSSR count). The number of benzene rings is 1. The van der Waals surface area contributed by atoms with Crippen LogP contribution >= 0.6 is 0 Å². The summed E-state index contributed by atoms with van der Waals surface area (Å²) in [5.41, 5.74) is 2.22. The molecule has 0 unspecified atom stereocenters. The molecular weight excluding hydrogens is 402 g/mol. The summed E-state index contributed by atoms with van der Waals surface area (Å²) in [6, 6.07) is 11.6. The lowest BCUT2D eigenvalue weighted by Crippen LogP contribution is -2.35. The fraction of sp³-hybridized carbons (Fsp3) is 0.440. The number of carbonyl (C=O) groups excluding carboxylic acids is 1. The van der Waals surface area contributed by atoms with E-state index in [2.05, 4.69) is 40.9 Å². The van der Waals surface area contributed by atoms with Gasteiger partial charge in [-0.2, -0.15) is 0 Å². The van der Waals surface area contributed by atoms with Gasteiger partial charge in [-0.1, -0.05) is 39.0 Å². The van der Waals surface area contributed by atoms with Crippen LogP contribution in [0.15, 0.2) is 59.0 Å². The molecule has 1 aliphatic carbocycles. The fourth-order valence-corrected chi connectivity index (χ4v) is 6.08. The van der Waals surface area contributed by atoms with Gasteiger partial charge in [-0.25, -0.2) is 0 Å². The number of amides is 1. The molecule has 2 fully saturated rings. The van der Waals surface area contributed by atoms with Crippen LogP contribution in [0.1, 0.15) is 50.4 Å². The van der Waals surface area contributed by atoms with E-state index < -0.39 is 5.91 Å². The Morgan fingerprint density at radius 1 is 1.19 bits per heavy atom. The predicted octanol–water partition coefficient (Wildman–Crippen LogP) is 5.52. The monoisotopic (exact) mass is 431 g/mol. The number of hydrogen-bond acceptors (Lipinski definition) is 5. The molecule has 166 valence electrons. The van der Waals surface area contributed by atoms with Crippen molar-refractivity contribution in [2.24, 2.45) is 21.1 Å². The number of para-hydroxylation sites is 1. The van der Waals surface area contributed by atoms with Gasteiger partial charge in [-0.05, 0) is 48.3 Å². The first-order chi connectivity index (χ1) is 15.2.